The van der Waals surface area contributed by atoms with E-state index in [1.165, 1.54) is 24.3 Å². The molecule has 4 aromatic rings. The number of nitrogens with zero attached hydrogens (tertiary/aromatic N) is 2. The van der Waals surface area contributed by atoms with Crippen LogP contribution in [-0.2, 0) is 29.2 Å². The van der Waals surface area contributed by atoms with Crippen molar-refractivity contribution in [3.8, 4) is 0 Å². The van der Waals surface area contributed by atoms with Gasteiger partial charge >= 0.3 is 0 Å². The molecule has 4 rings (SSSR count). The number of hydrogen-bond donors (Lipinski definition) is 1. The van der Waals surface area contributed by atoms with Crippen LogP contribution in [0.5, 0.6) is 0 Å². The van der Waals surface area contributed by atoms with E-state index in [1.54, 1.807) is 4.57 Å². The van der Waals surface area contributed by atoms with Crippen LogP contribution in [0.15, 0.2) is 91.5 Å². The van der Waals surface area contributed by atoms with Crippen molar-refractivity contribution in [2.45, 2.75) is 25.8 Å². The van der Waals surface area contributed by atoms with E-state index in [4.69, 9.17) is 27.9 Å². The summed E-state index contributed by atoms with van der Waals surface area (Å²) < 4.78 is 23.0. The van der Waals surface area contributed by atoms with Crippen molar-refractivity contribution in [1.29, 1.82) is 0 Å². The lowest BCUT2D eigenvalue weighted by Crippen LogP contribution is -2.38. The predicted octanol–water partition coefficient (Wildman–Crippen LogP) is 5.82. The highest BCUT2D eigenvalue weighted by Crippen LogP contribution is 2.23. The zero-order valence-corrected chi connectivity index (χ0v) is 19.7. The molecule has 0 bridgehead atoms. The highest BCUT2D eigenvalue weighted by molar-refractivity contribution is 6.30. The van der Waals surface area contributed by atoms with Gasteiger partial charge in [0.1, 0.15) is 30.9 Å². The maximum Gasteiger partial charge on any atom is 0.266 e. The number of imidazole rings is 1. The number of aromatic nitrogens is 2. The molecular formula is C26H23Cl2FN3O2+. The third kappa shape index (κ3) is 6.90. The number of halogens is 3. The molecule has 5 nitrogen and oxygen atoms in total. The minimum Gasteiger partial charge on any atom is -0.365 e. The second-order valence-corrected chi connectivity index (χ2v) is 8.69. The van der Waals surface area contributed by atoms with Gasteiger partial charge in [0.25, 0.3) is 5.91 Å². The van der Waals surface area contributed by atoms with Crippen LogP contribution in [0, 0.1) is 5.82 Å². The first-order valence-electron chi connectivity index (χ1n) is 10.7. The molecule has 3 aromatic carbocycles. The third-order valence-corrected chi connectivity index (χ3v) is 5.69. The Morgan fingerprint density at radius 2 is 1.62 bits per heavy atom. The topological polar surface area (TPSA) is 47.1 Å². The van der Waals surface area contributed by atoms with Gasteiger partial charge in [-0.25, -0.2) is 13.5 Å². The molecule has 0 saturated heterocycles. The van der Waals surface area contributed by atoms with Gasteiger partial charge in [-0.2, -0.15) is 0 Å². The maximum atomic E-state index is 13.0. The third-order valence-electron chi connectivity index (χ3n) is 5.18. The van der Waals surface area contributed by atoms with Gasteiger partial charge in [-0.15, -0.1) is 0 Å². The van der Waals surface area contributed by atoms with Gasteiger partial charge in [0.15, 0.2) is 6.54 Å². The standard InChI is InChI=1S/C26H22Cl2FN3O2/c27-21-5-1-19(2-6-21)17-34-25(20-3-7-22(28)8-4-20)15-31-13-14-32(18-31)16-26(33)30-24-11-9-23(29)10-12-24/h1-14,18,25H,15-17H2/p+1. The average Bonchev–Trinajstić information content (AvgIpc) is 3.26. The fourth-order valence-electron chi connectivity index (χ4n) is 3.44. The van der Waals surface area contributed by atoms with Gasteiger partial charge in [0.05, 0.1) is 6.61 Å². The molecule has 0 aliphatic rings. The number of anilines is 1. The molecule has 0 saturated carbocycles. The Balaban J connectivity index is 1.41. The molecule has 1 aromatic heterocycles. The summed E-state index contributed by atoms with van der Waals surface area (Å²) in [6.45, 7) is 1.09. The Hall–Kier alpha value is -3.19. The molecule has 8 heteroatoms. The van der Waals surface area contributed by atoms with E-state index in [0.717, 1.165) is 11.1 Å². The van der Waals surface area contributed by atoms with Gasteiger partial charge in [-0.1, -0.05) is 47.5 Å². The van der Waals surface area contributed by atoms with Crippen molar-refractivity contribution in [1.82, 2.24) is 4.57 Å². The smallest absolute Gasteiger partial charge is 0.266 e. The summed E-state index contributed by atoms with van der Waals surface area (Å²) in [6, 6.07) is 20.8. The number of carbonyl (C=O) groups is 1. The minimum absolute atomic E-state index is 0.127. The normalized spacial score (nSPS) is 11.9. The molecular weight excluding hydrogens is 476 g/mol. The number of carbonyl (C=O) groups excluding carboxylic acids is 1. The summed E-state index contributed by atoms with van der Waals surface area (Å²) in [6.07, 6.45) is 5.32. The number of ether oxygens (including phenoxy) is 1. The summed E-state index contributed by atoms with van der Waals surface area (Å²) in [5, 5.41) is 4.10. The Kier molecular flexibility index (Phi) is 7.95. The summed E-state index contributed by atoms with van der Waals surface area (Å²) in [7, 11) is 0. The molecule has 1 unspecified atom stereocenters. The first-order valence-corrected chi connectivity index (χ1v) is 11.4. The minimum atomic E-state index is -0.349. The largest absolute Gasteiger partial charge is 0.365 e. The van der Waals surface area contributed by atoms with Crippen LogP contribution >= 0.6 is 23.2 Å². The van der Waals surface area contributed by atoms with Crippen LogP contribution in [-0.4, -0.2) is 10.5 Å². The zero-order valence-electron chi connectivity index (χ0n) is 18.2. The zero-order chi connectivity index (χ0) is 23.9. The van der Waals surface area contributed by atoms with Crippen LogP contribution in [0.3, 0.4) is 0 Å². The van der Waals surface area contributed by atoms with E-state index >= 15 is 0 Å². The van der Waals surface area contributed by atoms with E-state index < -0.39 is 0 Å². The summed E-state index contributed by atoms with van der Waals surface area (Å²) in [5.41, 5.74) is 2.56. The lowest BCUT2D eigenvalue weighted by Gasteiger charge is -2.17. The molecule has 0 aliphatic heterocycles. The molecule has 1 amide bonds. The van der Waals surface area contributed by atoms with Crippen LogP contribution in [0.2, 0.25) is 10.0 Å². The van der Waals surface area contributed by atoms with Crippen molar-refractivity contribution in [2.24, 2.45) is 0 Å². The molecule has 0 radical (unpaired) electrons. The Morgan fingerprint density at radius 3 is 2.29 bits per heavy atom. The van der Waals surface area contributed by atoms with Gasteiger partial charge in [0, 0.05) is 15.7 Å². The molecule has 1 heterocycles. The molecule has 1 atom stereocenters. The van der Waals surface area contributed by atoms with Crippen LogP contribution in [0.1, 0.15) is 17.2 Å². The molecule has 0 aliphatic carbocycles. The quantitative estimate of drug-likeness (QED) is 0.295. The van der Waals surface area contributed by atoms with Crippen LogP contribution < -0.4 is 9.88 Å². The Labute approximate surface area is 207 Å². The van der Waals surface area contributed by atoms with Crippen molar-refractivity contribution >= 4 is 34.8 Å². The molecule has 174 valence electrons. The van der Waals surface area contributed by atoms with E-state index in [2.05, 4.69) is 5.32 Å². The summed E-state index contributed by atoms with van der Waals surface area (Å²) in [4.78, 5) is 12.4. The van der Waals surface area contributed by atoms with Crippen LogP contribution in [0.25, 0.3) is 0 Å². The molecule has 0 spiro atoms. The number of nitrogens with one attached hydrogen (secondary N) is 1. The van der Waals surface area contributed by atoms with Crippen molar-refractivity contribution < 1.29 is 18.5 Å². The molecule has 0 fully saturated rings. The van der Waals surface area contributed by atoms with E-state index in [9.17, 15) is 9.18 Å². The fraction of sp³-hybridized carbons (Fsp3) is 0.154. The predicted molar refractivity (Wildman–Crippen MR) is 130 cm³/mol. The van der Waals surface area contributed by atoms with Crippen molar-refractivity contribution in [3.63, 3.8) is 0 Å². The fourth-order valence-corrected chi connectivity index (χ4v) is 3.69. The number of hydrogen-bond acceptors (Lipinski definition) is 2. The highest BCUT2D eigenvalue weighted by Gasteiger charge is 2.18. The lowest BCUT2D eigenvalue weighted by molar-refractivity contribution is -0.683. The average molecular weight is 499 g/mol. The van der Waals surface area contributed by atoms with Gasteiger partial charge < -0.3 is 10.1 Å². The van der Waals surface area contributed by atoms with Gasteiger partial charge in [-0.3, -0.25) is 4.79 Å². The summed E-state index contributed by atoms with van der Waals surface area (Å²) >= 11 is 12.0. The second kappa shape index (κ2) is 11.3. The summed E-state index contributed by atoms with van der Waals surface area (Å²) in [5.74, 6) is -0.555. The highest BCUT2D eigenvalue weighted by atomic mass is 35.5. The number of amides is 1. The van der Waals surface area contributed by atoms with E-state index in [-0.39, 0.29) is 24.4 Å². The van der Waals surface area contributed by atoms with Crippen molar-refractivity contribution in [2.75, 3.05) is 5.32 Å². The monoisotopic (exact) mass is 498 g/mol. The molecule has 1 N–H and O–H groups in total. The molecule has 34 heavy (non-hydrogen) atoms. The first-order chi connectivity index (χ1) is 16.4. The lowest BCUT2D eigenvalue weighted by atomic mass is 10.1. The Morgan fingerprint density at radius 1 is 0.971 bits per heavy atom. The Bertz CT molecular complexity index is 1230. The maximum absolute atomic E-state index is 13.0. The van der Waals surface area contributed by atoms with E-state index in [0.29, 0.717) is 28.9 Å². The van der Waals surface area contributed by atoms with Gasteiger partial charge in [-0.05, 0) is 59.7 Å². The first kappa shape index (κ1) is 24.0. The van der Waals surface area contributed by atoms with E-state index in [1.807, 2.05) is 71.8 Å². The van der Waals surface area contributed by atoms with Crippen LogP contribution in [0.4, 0.5) is 10.1 Å². The SMILES string of the molecule is O=C(C[n+]1ccn(CC(OCc2ccc(Cl)cc2)c2ccc(Cl)cc2)c1)Nc1ccc(F)cc1. The van der Waals surface area contributed by atoms with Gasteiger partial charge in [0.2, 0.25) is 6.33 Å². The number of rotatable bonds is 9. The van der Waals surface area contributed by atoms with Crippen molar-refractivity contribution in [3.05, 3.63) is 119 Å². The number of benzene rings is 3. The second-order valence-electron chi connectivity index (χ2n) is 7.82.